The fourth-order valence-corrected chi connectivity index (χ4v) is 3.32. The van der Waals surface area contributed by atoms with E-state index in [-0.39, 0.29) is 6.04 Å². The Morgan fingerprint density at radius 1 is 0.950 bits per heavy atom. The quantitative estimate of drug-likeness (QED) is 0.888. The second kappa shape index (κ2) is 6.68. The predicted octanol–water partition coefficient (Wildman–Crippen LogP) is 2.99. The average molecular weight is 289 g/mol. The van der Waals surface area contributed by atoms with Gasteiger partial charge in [-0.25, -0.2) is 13.1 Å². The van der Waals surface area contributed by atoms with Crippen LogP contribution < -0.4 is 4.72 Å². The van der Waals surface area contributed by atoms with Gasteiger partial charge in [-0.2, -0.15) is 0 Å². The van der Waals surface area contributed by atoms with E-state index < -0.39 is 10.0 Å². The van der Waals surface area contributed by atoms with E-state index >= 15 is 0 Å². The molecule has 0 aliphatic carbocycles. The summed E-state index contributed by atoms with van der Waals surface area (Å²) in [5.41, 5.74) is 1.22. The van der Waals surface area contributed by atoms with Gasteiger partial charge in [0.05, 0.1) is 4.90 Å². The molecule has 2 rings (SSSR count). The first kappa shape index (κ1) is 14.8. The predicted molar refractivity (Wildman–Crippen MR) is 81.0 cm³/mol. The van der Waals surface area contributed by atoms with Crippen LogP contribution in [-0.4, -0.2) is 14.5 Å². The molecule has 3 nitrogen and oxygen atoms in total. The Balaban J connectivity index is 1.93. The van der Waals surface area contributed by atoms with Crippen molar-refractivity contribution in [2.75, 3.05) is 0 Å². The molecule has 20 heavy (non-hydrogen) atoms. The van der Waals surface area contributed by atoms with Crippen molar-refractivity contribution in [1.29, 1.82) is 0 Å². The van der Waals surface area contributed by atoms with Crippen LogP contribution in [-0.2, 0) is 16.4 Å². The molecule has 106 valence electrons. The van der Waals surface area contributed by atoms with Crippen molar-refractivity contribution in [1.82, 2.24) is 4.72 Å². The van der Waals surface area contributed by atoms with Crippen molar-refractivity contribution in [2.24, 2.45) is 0 Å². The third kappa shape index (κ3) is 4.18. The standard InChI is InChI=1S/C16H19NO2S/c1-14(12-13-15-8-4-2-5-9-15)17-20(18,19)16-10-6-3-7-11-16/h2-11,14,17H,12-13H2,1H3/t14-/m1/s1. The van der Waals surface area contributed by atoms with Gasteiger partial charge in [0.15, 0.2) is 0 Å². The summed E-state index contributed by atoms with van der Waals surface area (Å²) >= 11 is 0. The second-order valence-electron chi connectivity index (χ2n) is 4.86. The van der Waals surface area contributed by atoms with Gasteiger partial charge in [0.2, 0.25) is 10.0 Å². The van der Waals surface area contributed by atoms with Crippen LogP contribution in [0.2, 0.25) is 0 Å². The summed E-state index contributed by atoms with van der Waals surface area (Å²) in [6, 6.07) is 18.4. The summed E-state index contributed by atoms with van der Waals surface area (Å²) in [7, 11) is -3.41. The van der Waals surface area contributed by atoms with Gasteiger partial charge in [-0.05, 0) is 37.5 Å². The van der Waals surface area contributed by atoms with Crippen LogP contribution in [0.3, 0.4) is 0 Å². The first-order valence-electron chi connectivity index (χ1n) is 6.69. The van der Waals surface area contributed by atoms with Gasteiger partial charge >= 0.3 is 0 Å². The molecule has 2 aromatic carbocycles. The largest absolute Gasteiger partial charge is 0.240 e. The fourth-order valence-electron chi connectivity index (χ4n) is 2.02. The molecule has 1 atom stereocenters. The Bertz CT molecular complexity index is 624. The average Bonchev–Trinajstić information content (AvgIpc) is 2.47. The van der Waals surface area contributed by atoms with Crippen molar-refractivity contribution in [3.05, 3.63) is 66.2 Å². The van der Waals surface area contributed by atoms with Crippen LogP contribution in [0.25, 0.3) is 0 Å². The maximum atomic E-state index is 12.1. The van der Waals surface area contributed by atoms with Gasteiger partial charge < -0.3 is 0 Å². The lowest BCUT2D eigenvalue weighted by atomic mass is 10.1. The Labute approximate surface area is 120 Å². The first-order chi connectivity index (χ1) is 9.58. The zero-order valence-corrected chi connectivity index (χ0v) is 12.3. The van der Waals surface area contributed by atoms with Gasteiger partial charge in [-0.1, -0.05) is 48.5 Å². The topological polar surface area (TPSA) is 46.2 Å². The zero-order valence-electron chi connectivity index (χ0n) is 11.5. The molecule has 0 radical (unpaired) electrons. The molecule has 0 heterocycles. The lowest BCUT2D eigenvalue weighted by Crippen LogP contribution is -2.32. The molecule has 0 spiro atoms. The van der Waals surface area contributed by atoms with Crippen molar-refractivity contribution >= 4 is 10.0 Å². The Morgan fingerprint density at radius 2 is 1.50 bits per heavy atom. The third-order valence-corrected chi connectivity index (χ3v) is 4.72. The maximum Gasteiger partial charge on any atom is 0.240 e. The van der Waals surface area contributed by atoms with E-state index in [2.05, 4.69) is 16.9 Å². The fraction of sp³-hybridized carbons (Fsp3) is 0.250. The van der Waals surface area contributed by atoms with Gasteiger partial charge in [0.25, 0.3) is 0 Å². The molecule has 0 aromatic heterocycles. The molecule has 0 aliphatic rings. The van der Waals surface area contributed by atoms with E-state index in [9.17, 15) is 8.42 Å². The van der Waals surface area contributed by atoms with Crippen LogP contribution in [0, 0.1) is 0 Å². The highest BCUT2D eigenvalue weighted by molar-refractivity contribution is 7.89. The number of aryl methyl sites for hydroxylation is 1. The number of hydrogen-bond donors (Lipinski definition) is 1. The minimum Gasteiger partial charge on any atom is -0.208 e. The monoisotopic (exact) mass is 289 g/mol. The van der Waals surface area contributed by atoms with Gasteiger partial charge in [-0.3, -0.25) is 0 Å². The van der Waals surface area contributed by atoms with Crippen LogP contribution >= 0.6 is 0 Å². The SMILES string of the molecule is C[C@H](CCc1ccccc1)NS(=O)(=O)c1ccccc1. The normalized spacial score (nSPS) is 13.1. The molecular weight excluding hydrogens is 270 g/mol. The molecule has 1 N–H and O–H groups in total. The van der Waals surface area contributed by atoms with Gasteiger partial charge in [0.1, 0.15) is 0 Å². The Kier molecular flexibility index (Phi) is 4.93. The van der Waals surface area contributed by atoms with E-state index in [0.717, 1.165) is 12.8 Å². The molecule has 0 amide bonds. The summed E-state index contributed by atoms with van der Waals surface area (Å²) in [5, 5.41) is 0. The molecule has 0 saturated heterocycles. The van der Waals surface area contributed by atoms with Crippen molar-refractivity contribution in [3.8, 4) is 0 Å². The number of nitrogens with one attached hydrogen (secondary N) is 1. The highest BCUT2D eigenvalue weighted by atomic mass is 32.2. The molecule has 0 unspecified atom stereocenters. The van der Waals surface area contributed by atoms with Crippen LogP contribution in [0.4, 0.5) is 0 Å². The summed E-state index contributed by atoms with van der Waals surface area (Å²) in [6.07, 6.45) is 1.63. The lowest BCUT2D eigenvalue weighted by molar-refractivity contribution is 0.547. The van der Waals surface area contributed by atoms with Crippen LogP contribution in [0.15, 0.2) is 65.6 Å². The molecule has 0 saturated carbocycles. The number of hydrogen-bond acceptors (Lipinski definition) is 2. The molecule has 0 aliphatic heterocycles. The maximum absolute atomic E-state index is 12.1. The number of rotatable bonds is 6. The number of benzene rings is 2. The lowest BCUT2D eigenvalue weighted by Gasteiger charge is -2.14. The van der Waals surface area contributed by atoms with Crippen LogP contribution in [0.1, 0.15) is 18.9 Å². The number of sulfonamides is 1. The van der Waals surface area contributed by atoms with Gasteiger partial charge in [-0.15, -0.1) is 0 Å². The summed E-state index contributed by atoms with van der Waals surface area (Å²) in [5.74, 6) is 0. The van der Waals surface area contributed by atoms with E-state index in [0.29, 0.717) is 4.90 Å². The van der Waals surface area contributed by atoms with E-state index in [1.165, 1.54) is 5.56 Å². The van der Waals surface area contributed by atoms with E-state index in [1.807, 2.05) is 25.1 Å². The Morgan fingerprint density at radius 3 is 2.10 bits per heavy atom. The molecule has 2 aromatic rings. The first-order valence-corrected chi connectivity index (χ1v) is 8.17. The molecule has 0 bridgehead atoms. The molecule has 0 fully saturated rings. The van der Waals surface area contributed by atoms with Crippen molar-refractivity contribution in [2.45, 2.75) is 30.7 Å². The van der Waals surface area contributed by atoms with E-state index in [4.69, 9.17) is 0 Å². The zero-order chi connectivity index (χ0) is 14.4. The molecular formula is C16H19NO2S. The summed E-state index contributed by atoms with van der Waals surface area (Å²) in [4.78, 5) is 0.312. The highest BCUT2D eigenvalue weighted by Crippen LogP contribution is 2.10. The van der Waals surface area contributed by atoms with Crippen molar-refractivity contribution < 1.29 is 8.42 Å². The van der Waals surface area contributed by atoms with E-state index in [1.54, 1.807) is 30.3 Å². The minimum atomic E-state index is -3.41. The highest BCUT2D eigenvalue weighted by Gasteiger charge is 2.16. The van der Waals surface area contributed by atoms with Gasteiger partial charge in [0, 0.05) is 6.04 Å². The summed E-state index contributed by atoms with van der Waals surface area (Å²) in [6.45, 7) is 1.89. The minimum absolute atomic E-state index is 0.0968. The molecule has 4 heteroatoms. The smallest absolute Gasteiger partial charge is 0.208 e. The van der Waals surface area contributed by atoms with Crippen LogP contribution in [0.5, 0.6) is 0 Å². The Hall–Kier alpha value is -1.65. The summed E-state index contributed by atoms with van der Waals surface area (Å²) < 4.78 is 27.0. The third-order valence-electron chi connectivity index (χ3n) is 3.12. The second-order valence-corrected chi connectivity index (χ2v) is 6.57. The van der Waals surface area contributed by atoms with Crippen molar-refractivity contribution in [3.63, 3.8) is 0 Å².